The highest BCUT2D eigenvalue weighted by molar-refractivity contribution is 5.87. The minimum absolute atomic E-state index is 0.350. The molecule has 1 N–H and O–H groups in total. The van der Waals surface area contributed by atoms with Gasteiger partial charge < -0.3 is 5.11 Å². The number of fused-ring (bicyclic) bond motifs is 2. The van der Waals surface area contributed by atoms with Crippen LogP contribution in [0.4, 0.5) is 0 Å². The van der Waals surface area contributed by atoms with E-state index in [4.69, 9.17) is 0 Å². The number of benzene rings is 3. The minimum atomic E-state index is 0.350. The first-order valence-corrected chi connectivity index (χ1v) is 6.76. The summed E-state index contributed by atoms with van der Waals surface area (Å²) in [5.74, 6) is 0.350. The van der Waals surface area contributed by atoms with Gasteiger partial charge >= 0.3 is 0 Å². The maximum atomic E-state index is 9.37. The van der Waals surface area contributed by atoms with Gasteiger partial charge in [-0.25, -0.2) is 0 Å². The third-order valence-electron chi connectivity index (χ3n) is 3.46. The highest BCUT2D eigenvalue weighted by Crippen LogP contribution is 2.23. The number of rotatable bonds is 0. The van der Waals surface area contributed by atoms with Crippen LogP contribution < -0.4 is 0 Å². The Bertz CT molecular complexity index is 751. The highest BCUT2D eigenvalue weighted by Gasteiger charge is 2.00. The average molecular weight is 260 g/mol. The van der Waals surface area contributed by atoms with Gasteiger partial charge in [0.1, 0.15) is 5.75 Å². The summed E-state index contributed by atoms with van der Waals surface area (Å²) in [7, 11) is 0. The van der Waals surface area contributed by atoms with Crippen LogP contribution in [-0.4, -0.2) is 5.11 Å². The first kappa shape index (κ1) is 12.5. The topological polar surface area (TPSA) is 20.2 Å². The number of phenolic OH excluding ortho intramolecular Hbond substituents is 1. The number of hydrogen-bond donors (Lipinski definition) is 1. The van der Waals surface area contributed by atoms with Crippen LogP contribution in [0.1, 0.15) is 11.1 Å². The van der Waals surface area contributed by atoms with Gasteiger partial charge in [-0.15, -0.1) is 0 Å². The number of phenols is 1. The standard InChI is InChI=1S/C10H8O.C9H8/c11-10-7-3-5-8-4-1-2-6-9(8)10;1-2-5-9-7-3-6-8(9)4-1/h1-7,11H;1-6H,7H2. The minimum Gasteiger partial charge on any atom is -0.507 e. The van der Waals surface area contributed by atoms with Crippen LogP contribution in [0.15, 0.2) is 72.8 Å². The summed E-state index contributed by atoms with van der Waals surface area (Å²) >= 11 is 0. The Morgan fingerprint density at radius 2 is 1.50 bits per heavy atom. The van der Waals surface area contributed by atoms with E-state index in [1.165, 1.54) is 11.1 Å². The molecule has 0 heterocycles. The summed E-state index contributed by atoms with van der Waals surface area (Å²) < 4.78 is 0. The van der Waals surface area contributed by atoms with E-state index in [9.17, 15) is 5.11 Å². The molecule has 0 bridgehead atoms. The molecule has 0 aliphatic heterocycles. The fourth-order valence-electron chi connectivity index (χ4n) is 2.40. The van der Waals surface area contributed by atoms with E-state index in [-0.39, 0.29) is 0 Å². The second kappa shape index (κ2) is 5.62. The van der Waals surface area contributed by atoms with E-state index in [0.717, 1.165) is 17.2 Å². The molecule has 0 radical (unpaired) electrons. The lowest BCUT2D eigenvalue weighted by molar-refractivity contribution is 0.481. The zero-order valence-corrected chi connectivity index (χ0v) is 11.2. The maximum Gasteiger partial charge on any atom is 0.123 e. The third kappa shape index (κ3) is 2.57. The molecule has 0 saturated carbocycles. The van der Waals surface area contributed by atoms with Crippen molar-refractivity contribution in [2.75, 3.05) is 0 Å². The molecule has 1 aliphatic rings. The zero-order chi connectivity index (χ0) is 13.8. The largest absolute Gasteiger partial charge is 0.507 e. The molecule has 1 nitrogen and oxygen atoms in total. The molecule has 0 atom stereocenters. The van der Waals surface area contributed by atoms with Gasteiger partial charge in [0.15, 0.2) is 0 Å². The molecule has 1 aliphatic carbocycles. The molecule has 98 valence electrons. The molecule has 0 saturated heterocycles. The maximum absolute atomic E-state index is 9.37. The Balaban J connectivity index is 0.000000123. The van der Waals surface area contributed by atoms with Gasteiger partial charge in [0, 0.05) is 5.39 Å². The smallest absolute Gasteiger partial charge is 0.123 e. The van der Waals surface area contributed by atoms with Gasteiger partial charge in [-0.1, -0.05) is 72.8 Å². The molecule has 3 aromatic carbocycles. The second-order valence-electron chi connectivity index (χ2n) is 4.80. The van der Waals surface area contributed by atoms with Crippen molar-refractivity contribution < 1.29 is 5.11 Å². The summed E-state index contributed by atoms with van der Waals surface area (Å²) in [5, 5.41) is 11.4. The highest BCUT2D eigenvalue weighted by atomic mass is 16.3. The van der Waals surface area contributed by atoms with Crippen molar-refractivity contribution in [1.29, 1.82) is 0 Å². The predicted octanol–water partition coefficient (Wildman–Crippen LogP) is 4.80. The molecule has 4 rings (SSSR count). The summed E-state index contributed by atoms with van der Waals surface area (Å²) in [6, 6.07) is 21.8. The molecule has 0 fully saturated rings. The molecule has 3 aromatic rings. The Morgan fingerprint density at radius 3 is 2.35 bits per heavy atom. The van der Waals surface area contributed by atoms with E-state index in [1.54, 1.807) is 6.07 Å². The van der Waals surface area contributed by atoms with Crippen molar-refractivity contribution in [3.8, 4) is 5.75 Å². The first-order chi connectivity index (χ1) is 9.84. The van der Waals surface area contributed by atoms with Gasteiger partial charge in [-0.3, -0.25) is 0 Å². The second-order valence-corrected chi connectivity index (χ2v) is 4.80. The Kier molecular flexibility index (Phi) is 3.51. The van der Waals surface area contributed by atoms with Crippen molar-refractivity contribution >= 4 is 16.8 Å². The fraction of sp³-hybridized carbons (Fsp3) is 0.0526. The van der Waals surface area contributed by atoms with E-state index in [0.29, 0.717) is 5.75 Å². The average Bonchev–Trinajstić information content (AvgIpc) is 2.97. The third-order valence-corrected chi connectivity index (χ3v) is 3.46. The van der Waals surface area contributed by atoms with Crippen LogP contribution in [-0.2, 0) is 6.42 Å². The van der Waals surface area contributed by atoms with Gasteiger partial charge in [-0.05, 0) is 29.0 Å². The molecule has 20 heavy (non-hydrogen) atoms. The monoisotopic (exact) mass is 260 g/mol. The zero-order valence-electron chi connectivity index (χ0n) is 11.2. The summed E-state index contributed by atoms with van der Waals surface area (Å²) in [5.41, 5.74) is 2.84. The van der Waals surface area contributed by atoms with Crippen molar-refractivity contribution in [2.24, 2.45) is 0 Å². The van der Waals surface area contributed by atoms with Crippen molar-refractivity contribution in [3.63, 3.8) is 0 Å². The predicted molar refractivity (Wildman–Crippen MR) is 84.8 cm³/mol. The summed E-state index contributed by atoms with van der Waals surface area (Å²) in [4.78, 5) is 0. The van der Waals surface area contributed by atoms with Gasteiger partial charge in [0.25, 0.3) is 0 Å². The molecular weight excluding hydrogens is 244 g/mol. The lowest BCUT2D eigenvalue weighted by atomic mass is 10.1. The summed E-state index contributed by atoms with van der Waals surface area (Å²) in [6.45, 7) is 0. The van der Waals surface area contributed by atoms with Crippen molar-refractivity contribution in [3.05, 3.63) is 83.9 Å². The van der Waals surface area contributed by atoms with Crippen LogP contribution in [0, 0.1) is 0 Å². The van der Waals surface area contributed by atoms with Crippen LogP contribution in [0.2, 0.25) is 0 Å². The Morgan fingerprint density at radius 1 is 0.750 bits per heavy atom. The fourth-order valence-corrected chi connectivity index (χ4v) is 2.40. The normalized spacial score (nSPS) is 11.8. The van der Waals surface area contributed by atoms with Crippen LogP contribution in [0.5, 0.6) is 5.75 Å². The van der Waals surface area contributed by atoms with Gasteiger partial charge in [-0.2, -0.15) is 0 Å². The molecular formula is C19H16O. The molecule has 0 spiro atoms. The van der Waals surface area contributed by atoms with E-state index < -0.39 is 0 Å². The van der Waals surface area contributed by atoms with Gasteiger partial charge in [0.2, 0.25) is 0 Å². The van der Waals surface area contributed by atoms with E-state index >= 15 is 0 Å². The Hall–Kier alpha value is -2.54. The summed E-state index contributed by atoms with van der Waals surface area (Å²) in [6.07, 6.45) is 5.50. The van der Waals surface area contributed by atoms with Crippen LogP contribution in [0.25, 0.3) is 16.8 Å². The number of hydrogen-bond acceptors (Lipinski definition) is 1. The SMILES string of the molecule is C1=Cc2ccccc2C1.Oc1cccc2ccccc12. The van der Waals surface area contributed by atoms with Crippen LogP contribution in [0.3, 0.4) is 0 Å². The lowest BCUT2D eigenvalue weighted by Crippen LogP contribution is -1.76. The van der Waals surface area contributed by atoms with E-state index in [1.807, 2.05) is 36.4 Å². The van der Waals surface area contributed by atoms with E-state index in [2.05, 4.69) is 36.4 Å². The first-order valence-electron chi connectivity index (χ1n) is 6.76. The molecule has 0 aromatic heterocycles. The number of allylic oxidation sites excluding steroid dienone is 1. The van der Waals surface area contributed by atoms with Crippen LogP contribution >= 0.6 is 0 Å². The Labute approximate surface area is 118 Å². The van der Waals surface area contributed by atoms with Crippen molar-refractivity contribution in [1.82, 2.24) is 0 Å². The quantitative estimate of drug-likeness (QED) is 0.615. The van der Waals surface area contributed by atoms with Crippen molar-refractivity contribution in [2.45, 2.75) is 6.42 Å². The molecule has 1 heteroatoms. The molecule has 0 unspecified atom stereocenters. The molecule has 0 amide bonds. The van der Waals surface area contributed by atoms with Gasteiger partial charge in [0.05, 0.1) is 0 Å². The lowest BCUT2D eigenvalue weighted by Gasteiger charge is -1.97. The number of aromatic hydroxyl groups is 1.